The lowest BCUT2D eigenvalue weighted by molar-refractivity contribution is -0.0190. The molecule has 0 aromatic rings. The first kappa shape index (κ1) is 34.5. The third-order valence-corrected chi connectivity index (χ3v) is 4.31. The monoisotopic (exact) mass is 515 g/mol. The standard InChI is InChI=1S/C23H49NO11/c1-24(2-6-27-10-14-31-16-12-29-8-4-25)3-7-28-11-15-32-18-20-34-22-23-35-21-19-33-17-13-30-9-5-26/h25-26H,2-23H2,1H3. The highest BCUT2D eigenvalue weighted by Gasteiger charge is 1.99. The van der Waals surface area contributed by atoms with Crippen LogP contribution >= 0.6 is 0 Å². The number of ether oxygens (including phenoxy) is 9. The van der Waals surface area contributed by atoms with E-state index in [4.69, 9.17) is 52.8 Å². The molecule has 0 bridgehead atoms. The van der Waals surface area contributed by atoms with E-state index in [2.05, 4.69) is 4.90 Å². The van der Waals surface area contributed by atoms with Crippen LogP contribution in [0.3, 0.4) is 0 Å². The molecule has 0 aromatic heterocycles. The zero-order valence-electron chi connectivity index (χ0n) is 21.6. The van der Waals surface area contributed by atoms with Gasteiger partial charge in [-0.1, -0.05) is 0 Å². The molecule has 0 heterocycles. The molecule has 12 nitrogen and oxygen atoms in total. The molecule has 35 heavy (non-hydrogen) atoms. The molecule has 0 fully saturated rings. The third-order valence-electron chi connectivity index (χ3n) is 4.31. The summed E-state index contributed by atoms with van der Waals surface area (Å²) in [5, 5.41) is 17.1. The molecule has 0 aromatic carbocycles. The summed E-state index contributed by atoms with van der Waals surface area (Å²) in [6, 6.07) is 0. The van der Waals surface area contributed by atoms with Gasteiger partial charge in [0.2, 0.25) is 0 Å². The molecule has 0 aliphatic heterocycles. The van der Waals surface area contributed by atoms with Crippen molar-refractivity contribution in [2.75, 3.05) is 152 Å². The summed E-state index contributed by atoms with van der Waals surface area (Å²) in [4.78, 5) is 2.15. The van der Waals surface area contributed by atoms with Crippen LogP contribution in [0.15, 0.2) is 0 Å². The Balaban J connectivity index is 3.12. The molecule has 0 amide bonds. The van der Waals surface area contributed by atoms with Gasteiger partial charge in [0.1, 0.15) is 0 Å². The van der Waals surface area contributed by atoms with Crippen LogP contribution in [-0.2, 0) is 42.6 Å². The van der Waals surface area contributed by atoms with E-state index in [1.54, 1.807) is 0 Å². The van der Waals surface area contributed by atoms with Crippen LogP contribution in [0.25, 0.3) is 0 Å². The van der Waals surface area contributed by atoms with Crippen molar-refractivity contribution in [3.05, 3.63) is 0 Å². The minimum absolute atomic E-state index is 0.0288. The smallest absolute Gasteiger partial charge is 0.0701 e. The molecule has 2 N–H and O–H groups in total. The normalized spacial score (nSPS) is 11.7. The minimum Gasteiger partial charge on any atom is -0.394 e. The second-order valence-corrected chi connectivity index (χ2v) is 7.26. The molecule has 0 aliphatic rings. The third kappa shape index (κ3) is 31.5. The Morgan fingerprint density at radius 3 is 0.771 bits per heavy atom. The van der Waals surface area contributed by atoms with Gasteiger partial charge in [0.25, 0.3) is 0 Å². The van der Waals surface area contributed by atoms with Gasteiger partial charge in [-0.25, -0.2) is 0 Å². The van der Waals surface area contributed by atoms with E-state index in [9.17, 15) is 0 Å². The first-order chi connectivity index (χ1) is 17.3. The van der Waals surface area contributed by atoms with Crippen molar-refractivity contribution >= 4 is 0 Å². The van der Waals surface area contributed by atoms with Crippen molar-refractivity contribution < 1.29 is 52.8 Å². The Hall–Kier alpha value is -0.480. The SMILES string of the molecule is CN(CCOCCOCCOCCO)CCOCCOCCOCCOCCOCCOCCO. The Morgan fingerprint density at radius 2 is 0.543 bits per heavy atom. The highest BCUT2D eigenvalue weighted by molar-refractivity contribution is 4.49. The summed E-state index contributed by atoms with van der Waals surface area (Å²) in [6.07, 6.45) is 0. The first-order valence-electron chi connectivity index (χ1n) is 12.4. The topological polar surface area (TPSA) is 127 Å². The van der Waals surface area contributed by atoms with Gasteiger partial charge >= 0.3 is 0 Å². The Labute approximate surface area is 210 Å². The molecule has 0 atom stereocenters. The van der Waals surface area contributed by atoms with Crippen molar-refractivity contribution in [1.29, 1.82) is 0 Å². The zero-order chi connectivity index (χ0) is 25.5. The molecule has 0 rings (SSSR count). The van der Waals surface area contributed by atoms with Gasteiger partial charge in [-0.05, 0) is 7.05 Å². The van der Waals surface area contributed by atoms with E-state index >= 15 is 0 Å². The van der Waals surface area contributed by atoms with Gasteiger partial charge in [-0.2, -0.15) is 0 Å². The van der Waals surface area contributed by atoms with E-state index in [1.807, 2.05) is 7.05 Å². The summed E-state index contributed by atoms with van der Waals surface area (Å²) in [7, 11) is 2.03. The van der Waals surface area contributed by atoms with Crippen LogP contribution in [0.5, 0.6) is 0 Å². The molecular weight excluding hydrogens is 466 g/mol. The summed E-state index contributed by atoms with van der Waals surface area (Å²) in [5.41, 5.74) is 0. The number of hydrogen-bond acceptors (Lipinski definition) is 12. The van der Waals surface area contributed by atoms with Gasteiger partial charge in [0.15, 0.2) is 0 Å². The molecule has 0 aliphatic carbocycles. The van der Waals surface area contributed by atoms with E-state index in [0.29, 0.717) is 119 Å². The van der Waals surface area contributed by atoms with Crippen LogP contribution in [0.4, 0.5) is 0 Å². The van der Waals surface area contributed by atoms with Gasteiger partial charge in [0.05, 0.1) is 132 Å². The Kier molecular flexibility index (Phi) is 31.1. The van der Waals surface area contributed by atoms with Gasteiger partial charge in [0, 0.05) is 13.1 Å². The number of rotatable bonds is 31. The molecule has 0 saturated heterocycles. The highest BCUT2D eigenvalue weighted by Crippen LogP contribution is 1.88. The van der Waals surface area contributed by atoms with E-state index in [-0.39, 0.29) is 13.2 Å². The lowest BCUT2D eigenvalue weighted by Crippen LogP contribution is -2.28. The molecule has 0 spiro atoms. The average Bonchev–Trinajstić information content (AvgIpc) is 2.86. The predicted molar refractivity (Wildman–Crippen MR) is 129 cm³/mol. The van der Waals surface area contributed by atoms with E-state index < -0.39 is 0 Å². The van der Waals surface area contributed by atoms with Crippen LogP contribution in [-0.4, -0.2) is 167 Å². The average molecular weight is 516 g/mol. The van der Waals surface area contributed by atoms with Crippen molar-refractivity contribution in [3.8, 4) is 0 Å². The zero-order valence-corrected chi connectivity index (χ0v) is 21.6. The van der Waals surface area contributed by atoms with Crippen LogP contribution in [0.2, 0.25) is 0 Å². The van der Waals surface area contributed by atoms with Crippen LogP contribution in [0.1, 0.15) is 0 Å². The lowest BCUT2D eigenvalue weighted by atomic mass is 10.5. The lowest BCUT2D eigenvalue weighted by Gasteiger charge is -2.16. The fourth-order valence-corrected chi connectivity index (χ4v) is 2.43. The first-order valence-corrected chi connectivity index (χ1v) is 12.4. The number of likely N-dealkylation sites (N-methyl/N-ethyl adjacent to an activating group) is 1. The van der Waals surface area contributed by atoms with Crippen molar-refractivity contribution in [1.82, 2.24) is 4.90 Å². The summed E-state index contributed by atoms with van der Waals surface area (Å²) >= 11 is 0. The molecule has 12 heteroatoms. The molecule has 0 radical (unpaired) electrons. The minimum atomic E-state index is 0.0288. The second-order valence-electron chi connectivity index (χ2n) is 7.26. The molecule has 0 unspecified atom stereocenters. The summed E-state index contributed by atoms with van der Waals surface area (Å²) in [6.45, 7) is 10.9. The van der Waals surface area contributed by atoms with Crippen LogP contribution < -0.4 is 0 Å². The Morgan fingerprint density at radius 1 is 0.343 bits per heavy atom. The predicted octanol–water partition coefficient (Wildman–Crippen LogP) is -0.948. The maximum absolute atomic E-state index is 8.57. The van der Waals surface area contributed by atoms with Gasteiger partial charge in [-0.15, -0.1) is 0 Å². The summed E-state index contributed by atoms with van der Waals surface area (Å²) in [5.74, 6) is 0. The fourth-order valence-electron chi connectivity index (χ4n) is 2.43. The summed E-state index contributed by atoms with van der Waals surface area (Å²) < 4.78 is 48.3. The quantitative estimate of drug-likeness (QED) is 0.111. The number of aliphatic hydroxyl groups is 2. The maximum atomic E-state index is 8.57. The maximum Gasteiger partial charge on any atom is 0.0701 e. The molecule has 212 valence electrons. The van der Waals surface area contributed by atoms with E-state index in [0.717, 1.165) is 13.1 Å². The number of hydrogen-bond donors (Lipinski definition) is 2. The number of aliphatic hydroxyl groups excluding tert-OH is 2. The molecule has 0 saturated carbocycles. The van der Waals surface area contributed by atoms with Crippen molar-refractivity contribution in [3.63, 3.8) is 0 Å². The highest BCUT2D eigenvalue weighted by atomic mass is 16.6. The second kappa shape index (κ2) is 31.5. The van der Waals surface area contributed by atoms with Crippen molar-refractivity contribution in [2.45, 2.75) is 0 Å². The number of nitrogens with zero attached hydrogens (tertiary/aromatic N) is 1. The fraction of sp³-hybridized carbons (Fsp3) is 1.00. The van der Waals surface area contributed by atoms with Gasteiger partial charge in [-0.3, -0.25) is 0 Å². The van der Waals surface area contributed by atoms with Crippen molar-refractivity contribution in [2.24, 2.45) is 0 Å². The van der Waals surface area contributed by atoms with E-state index in [1.165, 1.54) is 0 Å². The van der Waals surface area contributed by atoms with Gasteiger partial charge < -0.3 is 57.7 Å². The largest absolute Gasteiger partial charge is 0.394 e. The van der Waals surface area contributed by atoms with Crippen LogP contribution in [0, 0.1) is 0 Å². The Bertz CT molecular complexity index is 383. The molecular formula is C23H49NO11.